The molecule has 1 saturated carbocycles. The number of sulfone groups is 1. The van der Waals surface area contributed by atoms with E-state index in [-0.39, 0.29) is 22.2 Å². The summed E-state index contributed by atoms with van der Waals surface area (Å²) in [5.74, 6) is 0.0938. The Labute approximate surface area is 164 Å². The summed E-state index contributed by atoms with van der Waals surface area (Å²) in [5.41, 5.74) is 1.59. The summed E-state index contributed by atoms with van der Waals surface area (Å²) in [6.45, 7) is 0. The van der Waals surface area contributed by atoms with Crippen molar-refractivity contribution in [3.05, 3.63) is 59.0 Å². The molecule has 0 amide bonds. The normalized spacial score (nSPS) is 15.8. The smallest absolute Gasteiger partial charge is 0.258 e. The third-order valence-corrected chi connectivity index (χ3v) is 6.72. The largest absolute Gasteiger partial charge is 0.508 e. The van der Waals surface area contributed by atoms with Crippen molar-refractivity contribution in [3.63, 3.8) is 0 Å². The van der Waals surface area contributed by atoms with E-state index in [4.69, 9.17) is 0 Å². The quantitative estimate of drug-likeness (QED) is 0.716. The number of nitrogens with zero attached hydrogens (tertiary/aromatic N) is 1. The highest BCUT2D eigenvalue weighted by Crippen LogP contribution is 2.33. The van der Waals surface area contributed by atoms with Crippen molar-refractivity contribution < 1.29 is 13.5 Å². The molecule has 1 heterocycles. The predicted octanol–water partition coefficient (Wildman–Crippen LogP) is 4.28. The molecular weight excluding hydrogens is 374 g/mol. The van der Waals surface area contributed by atoms with Crippen LogP contribution in [0.2, 0.25) is 0 Å². The number of pyridine rings is 1. The first-order chi connectivity index (χ1) is 13.3. The van der Waals surface area contributed by atoms with E-state index in [1.807, 2.05) is 10.8 Å². The van der Waals surface area contributed by atoms with Crippen LogP contribution in [-0.4, -0.2) is 24.3 Å². The van der Waals surface area contributed by atoms with Crippen molar-refractivity contribution in [2.75, 3.05) is 6.26 Å². The minimum absolute atomic E-state index is 0.0431. The molecule has 1 aliphatic carbocycles. The molecule has 28 heavy (non-hydrogen) atoms. The van der Waals surface area contributed by atoms with Crippen LogP contribution in [0.3, 0.4) is 0 Å². The van der Waals surface area contributed by atoms with Gasteiger partial charge < -0.3 is 9.67 Å². The first-order valence-corrected chi connectivity index (χ1v) is 11.4. The van der Waals surface area contributed by atoms with E-state index in [1.165, 1.54) is 18.7 Å². The molecule has 0 atom stereocenters. The van der Waals surface area contributed by atoms with Crippen LogP contribution in [0.4, 0.5) is 0 Å². The van der Waals surface area contributed by atoms with Crippen molar-refractivity contribution in [3.8, 4) is 16.9 Å². The molecular formula is C22H23NO4S. The Morgan fingerprint density at radius 2 is 1.64 bits per heavy atom. The number of phenolic OH excluding ortho intramolecular Hbond substituents is 1. The maximum atomic E-state index is 13.1. The van der Waals surface area contributed by atoms with Crippen molar-refractivity contribution in [2.24, 2.45) is 0 Å². The van der Waals surface area contributed by atoms with Gasteiger partial charge in [0.05, 0.1) is 4.90 Å². The van der Waals surface area contributed by atoms with E-state index in [1.54, 1.807) is 36.4 Å². The van der Waals surface area contributed by atoms with Gasteiger partial charge in [-0.25, -0.2) is 8.42 Å². The third kappa shape index (κ3) is 3.44. The molecule has 1 aliphatic rings. The number of rotatable bonds is 3. The highest BCUT2D eigenvalue weighted by atomic mass is 32.2. The van der Waals surface area contributed by atoms with Crippen molar-refractivity contribution in [1.82, 2.24) is 4.57 Å². The Balaban J connectivity index is 1.94. The molecule has 0 unspecified atom stereocenters. The summed E-state index contributed by atoms with van der Waals surface area (Å²) >= 11 is 0. The molecule has 0 spiro atoms. The molecule has 6 heteroatoms. The van der Waals surface area contributed by atoms with Gasteiger partial charge in [-0.2, -0.15) is 0 Å². The van der Waals surface area contributed by atoms with Gasteiger partial charge in [0.1, 0.15) is 5.75 Å². The Morgan fingerprint density at radius 3 is 2.29 bits per heavy atom. The second-order valence-electron chi connectivity index (χ2n) is 7.57. The molecule has 146 valence electrons. The summed E-state index contributed by atoms with van der Waals surface area (Å²) in [6.07, 6.45) is 8.44. The van der Waals surface area contributed by atoms with Gasteiger partial charge in [0.2, 0.25) is 0 Å². The van der Waals surface area contributed by atoms with Crippen LogP contribution in [0.15, 0.2) is 58.4 Å². The molecule has 0 saturated heterocycles. The summed E-state index contributed by atoms with van der Waals surface area (Å²) < 4.78 is 25.4. The fourth-order valence-electron chi connectivity index (χ4n) is 4.09. The summed E-state index contributed by atoms with van der Waals surface area (Å²) in [4.78, 5) is 13.4. The van der Waals surface area contributed by atoms with Gasteiger partial charge in [0.25, 0.3) is 5.56 Å². The van der Waals surface area contributed by atoms with Crippen LogP contribution >= 0.6 is 0 Å². The van der Waals surface area contributed by atoms with E-state index in [2.05, 4.69) is 0 Å². The Morgan fingerprint density at radius 1 is 0.964 bits per heavy atom. The molecule has 0 radical (unpaired) electrons. The molecule has 4 rings (SSSR count). The summed E-state index contributed by atoms with van der Waals surface area (Å²) in [6, 6.07) is 11.6. The van der Waals surface area contributed by atoms with Gasteiger partial charge in [0, 0.05) is 34.8 Å². The number of aromatic hydroxyl groups is 1. The summed E-state index contributed by atoms with van der Waals surface area (Å²) in [7, 11) is -3.28. The lowest BCUT2D eigenvalue weighted by Crippen LogP contribution is -2.26. The zero-order valence-corrected chi connectivity index (χ0v) is 16.6. The number of benzene rings is 2. The maximum Gasteiger partial charge on any atom is 0.258 e. The highest BCUT2D eigenvalue weighted by molar-refractivity contribution is 7.90. The number of hydrogen-bond donors (Lipinski definition) is 1. The van der Waals surface area contributed by atoms with Crippen LogP contribution < -0.4 is 5.56 Å². The number of hydrogen-bond acceptors (Lipinski definition) is 4. The molecule has 0 aliphatic heterocycles. The lowest BCUT2D eigenvalue weighted by molar-refractivity contribution is 0.347. The Kier molecular flexibility index (Phi) is 4.75. The summed E-state index contributed by atoms with van der Waals surface area (Å²) in [5, 5.41) is 11.2. The van der Waals surface area contributed by atoms with Gasteiger partial charge in [0.15, 0.2) is 9.84 Å². The average molecular weight is 397 g/mol. The first-order valence-electron chi connectivity index (χ1n) is 9.53. The molecule has 2 aromatic carbocycles. The maximum absolute atomic E-state index is 13.1. The number of phenols is 1. The third-order valence-electron chi connectivity index (χ3n) is 5.59. The van der Waals surface area contributed by atoms with Crippen LogP contribution in [-0.2, 0) is 9.84 Å². The zero-order chi connectivity index (χ0) is 19.9. The van der Waals surface area contributed by atoms with E-state index < -0.39 is 9.84 Å². The van der Waals surface area contributed by atoms with Crippen LogP contribution in [0, 0.1) is 0 Å². The number of fused-ring (bicyclic) bond motifs is 1. The van der Waals surface area contributed by atoms with Crippen molar-refractivity contribution in [2.45, 2.75) is 43.0 Å². The van der Waals surface area contributed by atoms with Gasteiger partial charge in [-0.15, -0.1) is 0 Å². The zero-order valence-electron chi connectivity index (χ0n) is 15.8. The monoisotopic (exact) mass is 397 g/mol. The topological polar surface area (TPSA) is 76.4 Å². The van der Waals surface area contributed by atoms with E-state index in [0.29, 0.717) is 10.8 Å². The molecule has 0 bridgehead atoms. The van der Waals surface area contributed by atoms with Gasteiger partial charge >= 0.3 is 0 Å². The first kappa shape index (κ1) is 18.7. The lowest BCUT2D eigenvalue weighted by Gasteiger charge is -2.25. The van der Waals surface area contributed by atoms with E-state index >= 15 is 0 Å². The van der Waals surface area contributed by atoms with Crippen molar-refractivity contribution in [1.29, 1.82) is 0 Å². The fraction of sp³-hybridized carbons (Fsp3) is 0.318. The van der Waals surface area contributed by atoms with Crippen LogP contribution in [0.1, 0.15) is 38.1 Å². The fourth-order valence-corrected chi connectivity index (χ4v) is 4.72. The Hall–Kier alpha value is -2.60. The molecule has 1 fully saturated rings. The van der Waals surface area contributed by atoms with Crippen LogP contribution in [0.5, 0.6) is 5.75 Å². The van der Waals surface area contributed by atoms with E-state index in [9.17, 15) is 18.3 Å². The Bertz CT molecular complexity index is 1190. The molecule has 1 aromatic heterocycles. The molecule has 3 aromatic rings. The second-order valence-corrected chi connectivity index (χ2v) is 9.59. The minimum Gasteiger partial charge on any atom is -0.508 e. The van der Waals surface area contributed by atoms with Crippen LogP contribution in [0.25, 0.3) is 21.9 Å². The van der Waals surface area contributed by atoms with E-state index in [0.717, 1.165) is 36.8 Å². The van der Waals surface area contributed by atoms with Gasteiger partial charge in [-0.1, -0.05) is 31.4 Å². The second kappa shape index (κ2) is 7.09. The molecule has 5 nitrogen and oxygen atoms in total. The minimum atomic E-state index is -3.28. The van der Waals surface area contributed by atoms with Gasteiger partial charge in [-0.05, 0) is 48.7 Å². The number of aromatic nitrogens is 1. The van der Waals surface area contributed by atoms with Gasteiger partial charge in [-0.3, -0.25) is 4.79 Å². The predicted molar refractivity (Wildman–Crippen MR) is 111 cm³/mol. The molecule has 1 N–H and O–H groups in total. The van der Waals surface area contributed by atoms with Crippen molar-refractivity contribution >= 4 is 20.6 Å². The average Bonchev–Trinajstić information content (AvgIpc) is 2.68. The SMILES string of the molecule is CS(=O)(=O)c1ccc(-c2cn(C3CCCCC3)c(=O)c3ccc(O)cc23)cc1. The highest BCUT2D eigenvalue weighted by Gasteiger charge is 2.20. The standard InChI is InChI=1S/C22H23NO4S/c1-28(26,27)18-10-7-15(8-11-18)21-14-23(16-5-3-2-4-6-16)22(25)19-12-9-17(24)13-20(19)21/h7-14,16,24H,2-6H2,1H3. The lowest BCUT2D eigenvalue weighted by atomic mass is 9.94.